The zero-order valence-electron chi connectivity index (χ0n) is 9.58. The molecule has 0 aliphatic carbocycles. The Morgan fingerprint density at radius 2 is 2.00 bits per heavy atom. The molecule has 0 radical (unpaired) electrons. The number of rotatable bonds is 5. The van der Waals surface area contributed by atoms with Crippen LogP contribution in [-0.4, -0.2) is 42.9 Å². The molecule has 0 aliphatic rings. The van der Waals surface area contributed by atoms with Crippen LogP contribution in [0.2, 0.25) is 0 Å². The Morgan fingerprint density at radius 1 is 1.43 bits per heavy atom. The molecule has 0 rings (SSSR count). The standard InChI is InChI=1S/C11H20N2O/c1-6-13(10(2)3)11(14)8-7-9-12(4)5/h7-8H,2,6,9H2,1,3-5H3/b8-7-. The number of likely N-dealkylation sites (N-methyl/N-ethyl adjacent to an activating group) is 2. The largest absolute Gasteiger partial charge is 0.314 e. The smallest absolute Gasteiger partial charge is 0.250 e. The van der Waals surface area contributed by atoms with Crippen LogP contribution in [0, 0.1) is 0 Å². The lowest BCUT2D eigenvalue weighted by atomic mass is 10.3. The van der Waals surface area contributed by atoms with E-state index in [1.807, 2.05) is 38.9 Å². The van der Waals surface area contributed by atoms with Gasteiger partial charge >= 0.3 is 0 Å². The molecule has 0 saturated heterocycles. The molecule has 0 fully saturated rings. The van der Waals surface area contributed by atoms with Crippen molar-refractivity contribution in [3.8, 4) is 0 Å². The van der Waals surface area contributed by atoms with Crippen LogP contribution in [0.15, 0.2) is 24.4 Å². The summed E-state index contributed by atoms with van der Waals surface area (Å²) in [5.41, 5.74) is 0.784. The van der Waals surface area contributed by atoms with E-state index in [-0.39, 0.29) is 5.91 Å². The van der Waals surface area contributed by atoms with Crippen molar-refractivity contribution in [3.63, 3.8) is 0 Å². The van der Waals surface area contributed by atoms with Gasteiger partial charge in [-0.1, -0.05) is 12.7 Å². The van der Waals surface area contributed by atoms with Crippen molar-refractivity contribution in [1.29, 1.82) is 0 Å². The summed E-state index contributed by atoms with van der Waals surface area (Å²) >= 11 is 0. The van der Waals surface area contributed by atoms with Gasteiger partial charge in [0.15, 0.2) is 0 Å². The van der Waals surface area contributed by atoms with Crippen molar-refractivity contribution in [3.05, 3.63) is 24.4 Å². The summed E-state index contributed by atoms with van der Waals surface area (Å²) < 4.78 is 0. The van der Waals surface area contributed by atoms with Gasteiger partial charge in [0.1, 0.15) is 0 Å². The fourth-order valence-corrected chi connectivity index (χ4v) is 1.07. The number of carbonyl (C=O) groups is 1. The van der Waals surface area contributed by atoms with Gasteiger partial charge in [0.25, 0.3) is 0 Å². The summed E-state index contributed by atoms with van der Waals surface area (Å²) in [6.07, 6.45) is 3.45. The third kappa shape index (κ3) is 4.82. The molecule has 0 atom stereocenters. The highest BCUT2D eigenvalue weighted by Gasteiger charge is 2.07. The van der Waals surface area contributed by atoms with Crippen LogP contribution in [0.4, 0.5) is 0 Å². The fourth-order valence-electron chi connectivity index (χ4n) is 1.07. The van der Waals surface area contributed by atoms with Crippen LogP contribution in [0.1, 0.15) is 13.8 Å². The lowest BCUT2D eigenvalue weighted by Gasteiger charge is -2.18. The van der Waals surface area contributed by atoms with E-state index < -0.39 is 0 Å². The van der Waals surface area contributed by atoms with E-state index in [9.17, 15) is 4.79 Å². The zero-order valence-corrected chi connectivity index (χ0v) is 9.58. The van der Waals surface area contributed by atoms with Gasteiger partial charge < -0.3 is 9.80 Å². The molecule has 0 aromatic carbocycles. The van der Waals surface area contributed by atoms with E-state index in [1.165, 1.54) is 0 Å². The Balaban J connectivity index is 4.17. The number of hydrogen-bond donors (Lipinski definition) is 0. The minimum Gasteiger partial charge on any atom is -0.314 e. The Bertz CT molecular complexity index is 231. The predicted molar refractivity (Wildman–Crippen MR) is 59.9 cm³/mol. The maximum Gasteiger partial charge on any atom is 0.250 e. The molecule has 0 unspecified atom stereocenters. The van der Waals surface area contributed by atoms with E-state index in [1.54, 1.807) is 11.0 Å². The topological polar surface area (TPSA) is 23.6 Å². The summed E-state index contributed by atoms with van der Waals surface area (Å²) in [6, 6.07) is 0. The van der Waals surface area contributed by atoms with Gasteiger partial charge in [-0.15, -0.1) is 0 Å². The van der Waals surface area contributed by atoms with Crippen molar-refractivity contribution >= 4 is 5.91 Å². The quantitative estimate of drug-likeness (QED) is 0.622. The van der Waals surface area contributed by atoms with Gasteiger partial charge in [0.05, 0.1) is 0 Å². The molecule has 0 bridgehead atoms. The number of allylic oxidation sites excluding steroid dienone is 1. The van der Waals surface area contributed by atoms with Crippen molar-refractivity contribution < 1.29 is 4.79 Å². The molecule has 0 aromatic rings. The SMILES string of the molecule is C=C(C)N(CC)C(=O)/C=C\CN(C)C. The average molecular weight is 196 g/mol. The first-order chi connectivity index (χ1) is 6.49. The van der Waals surface area contributed by atoms with Crippen LogP contribution >= 0.6 is 0 Å². The molecule has 0 N–H and O–H groups in total. The Kier molecular flexibility index (Phi) is 5.88. The van der Waals surface area contributed by atoms with Crippen LogP contribution in [0.3, 0.4) is 0 Å². The lowest BCUT2D eigenvalue weighted by Crippen LogP contribution is -2.27. The molecule has 0 aliphatic heterocycles. The van der Waals surface area contributed by atoms with Crippen molar-refractivity contribution in [1.82, 2.24) is 9.80 Å². The van der Waals surface area contributed by atoms with Crippen LogP contribution < -0.4 is 0 Å². The predicted octanol–water partition coefficient (Wildman–Crippen LogP) is 1.49. The molecule has 0 spiro atoms. The van der Waals surface area contributed by atoms with Crippen molar-refractivity contribution in [2.45, 2.75) is 13.8 Å². The van der Waals surface area contributed by atoms with Crippen LogP contribution in [0.5, 0.6) is 0 Å². The van der Waals surface area contributed by atoms with E-state index in [2.05, 4.69) is 6.58 Å². The zero-order chi connectivity index (χ0) is 11.1. The molecular weight excluding hydrogens is 176 g/mol. The van der Waals surface area contributed by atoms with E-state index in [0.29, 0.717) is 6.54 Å². The molecule has 3 nitrogen and oxygen atoms in total. The van der Waals surface area contributed by atoms with Crippen molar-refractivity contribution in [2.75, 3.05) is 27.2 Å². The summed E-state index contributed by atoms with van der Waals surface area (Å²) in [7, 11) is 3.93. The summed E-state index contributed by atoms with van der Waals surface area (Å²) in [6.45, 7) is 8.97. The first-order valence-corrected chi connectivity index (χ1v) is 4.77. The van der Waals surface area contributed by atoms with Crippen LogP contribution in [0.25, 0.3) is 0 Å². The van der Waals surface area contributed by atoms with Gasteiger partial charge in [0.2, 0.25) is 5.91 Å². The molecule has 1 amide bonds. The number of amides is 1. The van der Waals surface area contributed by atoms with E-state index >= 15 is 0 Å². The third-order valence-electron chi connectivity index (χ3n) is 1.77. The molecule has 0 saturated carbocycles. The second-order valence-electron chi connectivity index (χ2n) is 3.48. The van der Waals surface area contributed by atoms with Gasteiger partial charge in [0, 0.05) is 24.9 Å². The second kappa shape index (κ2) is 6.38. The van der Waals surface area contributed by atoms with Gasteiger partial charge in [-0.2, -0.15) is 0 Å². The lowest BCUT2D eigenvalue weighted by molar-refractivity contribution is -0.124. The third-order valence-corrected chi connectivity index (χ3v) is 1.77. The molecule has 0 heterocycles. The monoisotopic (exact) mass is 196 g/mol. The number of carbonyl (C=O) groups excluding carboxylic acids is 1. The van der Waals surface area contributed by atoms with Gasteiger partial charge in [-0.3, -0.25) is 4.79 Å². The van der Waals surface area contributed by atoms with E-state index in [0.717, 1.165) is 12.2 Å². The second-order valence-corrected chi connectivity index (χ2v) is 3.48. The first kappa shape index (κ1) is 12.9. The summed E-state index contributed by atoms with van der Waals surface area (Å²) in [4.78, 5) is 15.2. The number of nitrogens with zero attached hydrogens (tertiary/aromatic N) is 2. The molecule has 14 heavy (non-hydrogen) atoms. The highest BCUT2D eigenvalue weighted by atomic mass is 16.2. The summed E-state index contributed by atoms with van der Waals surface area (Å²) in [5, 5.41) is 0. The number of hydrogen-bond acceptors (Lipinski definition) is 2. The fraction of sp³-hybridized carbons (Fsp3) is 0.545. The molecule has 3 heteroatoms. The first-order valence-electron chi connectivity index (χ1n) is 4.77. The minimum absolute atomic E-state index is 0.00171. The Hall–Kier alpha value is -1.09. The minimum atomic E-state index is 0.00171. The van der Waals surface area contributed by atoms with Gasteiger partial charge in [-0.25, -0.2) is 0 Å². The van der Waals surface area contributed by atoms with Gasteiger partial charge in [-0.05, 0) is 27.9 Å². The molecular formula is C11H20N2O. The highest BCUT2D eigenvalue weighted by Crippen LogP contribution is 2.00. The average Bonchev–Trinajstić information content (AvgIpc) is 2.03. The van der Waals surface area contributed by atoms with Crippen LogP contribution in [-0.2, 0) is 4.79 Å². The Labute approximate surface area is 86.7 Å². The van der Waals surface area contributed by atoms with Crippen molar-refractivity contribution in [2.24, 2.45) is 0 Å². The maximum atomic E-state index is 11.6. The Morgan fingerprint density at radius 3 is 2.36 bits per heavy atom. The molecule has 80 valence electrons. The van der Waals surface area contributed by atoms with E-state index in [4.69, 9.17) is 0 Å². The summed E-state index contributed by atoms with van der Waals surface area (Å²) in [5.74, 6) is 0.00171. The molecule has 0 aromatic heterocycles. The normalized spacial score (nSPS) is 10.9. The highest BCUT2D eigenvalue weighted by molar-refractivity contribution is 5.88. The maximum absolute atomic E-state index is 11.6.